The highest BCUT2D eigenvalue weighted by Gasteiger charge is 2.28. The summed E-state index contributed by atoms with van der Waals surface area (Å²) in [6, 6.07) is 1.41. The summed E-state index contributed by atoms with van der Waals surface area (Å²) >= 11 is 0. The summed E-state index contributed by atoms with van der Waals surface area (Å²) in [5, 5.41) is 0.153. The molecule has 1 rings (SSSR count). The molecule has 0 radical (unpaired) electrons. The normalized spacial score (nSPS) is 41.2. The van der Waals surface area contributed by atoms with Crippen LogP contribution in [0.2, 0.25) is 6.04 Å². The molecule has 1 saturated heterocycles. The van der Waals surface area contributed by atoms with Gasteiger partial charge in [0.25, 0.3) is 0 Å². The van der Waals surface area contributed by atoms with Crippen LogP contribution in [0, 0.1) is 0 Å². The fraction of sp³-hybridized carbons (Fsp3) is 1.00. The first kappa shape index (κ1) is 6.26. The minimum Gasteiger partial charge on any atom is -0.303 e. The van der Waals surface area contributed by atoms with E-state index in [-0.39, 0.29) is 14.7 Å². The van der Waals surface area contributed by atoms with Crippen LogP contribution >= 0.6 is 0 Å². The monoisotopic (exact) mass is 131 g/mol. The molecule has 1 heterocycles. The third-order valence-corrected chi connectivity index (χ3v) is 4.38. The Morgan fingerprint density at radius 2 is 2.50 bits per heavy atom. The second-order valence-electron chi connectivity index (χ2n) is 2.77. The van der Waals surface area contributed by atoms with Gasteiger partial charge in [-0.15, -0.1) is 0 Å². The predicted molar refractivity (Wildman–Crippen MR) is 36.3 cm³/mol. The Balaban J connectivity index is 2.40. The van der Waals surface area contributed by atoms with E-state index in [0.29, 0.717) is 0 Å². The molecular weight excluding hydrogens is 118 g/mol. The van der Waals surface area contributed by atoms with E-state index in [1.54, 1.807) is 0 Å². The molecule has 2 N–H and O–H groups in total. The van der Waals surface area contributed by atoms with Crippen LogP contribution in [0.5, 0.6) is 0 Å². The fourth-order valence-corrected chi connectivity index (χ4v) is 3.11. The van der Waals surface area contributed by atoms with Gasteiger partial charge in [0.15, 0.2) is 0 Å². The first-order valence-electron chi connectivity index (χ1n) is 3.15. The maximum atomic E-state index is 5.10. The molecular formula is C5H13NOSi. The van der Waals surface area contributed by atoms with E-state index in [0.717, 1.165) is 0 Å². The summed E-state index contributed by atoms with van der Waals surface area (Å²) < 4.78 is 0. The van der Waals surface area contributed by atoms with Gasteiger partial charge in [-0.2, -0.15) is 0 Å². The van der Waals surface area contributed by atoms with Crippen LogP contribution in [0.25, 0.3) is 0 Å². The van der Waals surface area contributed by atoms with Gasteiger partial charge in [-0.1, -0.05) is 12.5 Å². The van der Waals surface area contributed by atoms with Crippen LogP contribution in [0.3, 0.4) is 0 Å². The van der Waals surface area contributed by atoms with Gasteiger partial charge in [-0.3, -0.25) is 0 Å². The third kappa shape index (κ3) is 1.10. The molecule has 0 saturated carbocycles. The predicted octanol–water partition coefficient (Wildman–Crippen LogP) is -0.0262. The van der Waals surface area contributed by atoms with Crippen molar-refractivity contribution >= 4 is 9.52 Å². The van der Waals surface area contributed by atoms with Crippen molar-refractivity contribution in [1.29, 1.82) is 0 Å². The Labute approximate surface area is 52.2 Å². The van der Waals surface area contributed by atoms with Gasteiger partial charge in [0.2, 0.25) is 0 Å². The lowest BCUT2D eigenvalue weighted by molar-refractivity contribution is 0.0289. The van der Waals surface area contributed by atoms with Crippen LogP contribution in [0.1, 0.15) is 19.8 Å². The minimum absolute atomic E-state index is 0.0135. The van der Waals surface area contributed by atoms with E-state index in [2.05, 4.69) is 6.92 Å². The van der Waals surface area contributed by atoms with E-state index in [9.17, 15) is 0 Å². The van der Waals surface area contributed by atoms with Gasteiger partial charge in [0.05, 0.1) is 14.7 Å². The largest absolute Gasteiger partial charge is 0.303 e. The third-order valence-electron chi connectivity index (χ3n) is 1.95. The van der Waals surface area contributed by atoms with Crippen LogP contribution in [0.4, 0.5) is 0 Å². The Morgan fingerprint density at radius 1 is 1.75 bits per heavy atom. The molecule has 8 heavy (non-hydrogen) atoms. The zero-order chi connectivity index (χ0) is 6.04. The number of nitrogens with two attached hydrogens (primary N) is 1. The lowest BCUT2D eigenvalue weighted by atomic mass is 10.2. The second-order valence-corrected chi connectivity index (χ2v) is 5.48. The van der Waals surface area contributed by atoms with E-state index in [1.165, 1.54) is 18.9 Å². The highest BCUT2D eigenvalue weighted by Crippen LogP contribution is 2.24. The average molecular weight is 131 g/mol. The first-order chi connectivity index (χ1) is 3.77. The van der Waals surface area contributed by atoms with Crippen molar-refractivity contribution in [2.75, 3.05) is 0 Å². The number of hydrogen-bond donors (Lipinski definition) is 1. The molecule has 0 spiro atoms. The summed E-state index contributed by atoms with van der Waals surface area (Å²) in [5.74, 6) is 5.10. The molecule has 1 aliphatic rings. The Kier molecular flexibility index (Phi) is 1.70. The average Bonchev–Trinajstić information content (AvgIpc) is 2.17. The van der Waals surface area contributed by atoms with Crippen molar-refractivity contribution in [2.45, 2.75) is 31.0 Å². The first-order valence-corrected chi connectivity index (χ1v) is 4.85. The minimum atomic E-state index is 0.0135. The van der Waals surface area contributed by atoms with Crippen LogP contribution in [-0.4, -0.2) is 14.7 Å². The van der Waals surface area contributed by atoms with E-state index < -0.39 is 0 Å². The molecule has 2 nitrogen and oxygen atoms in total. The van der Waals surface area contributed by atoms with Gasteiger partial charge in [-0.05, 0) is 13.3 Å². The van der Waals surface area contributed by atoms with Gasteiger partial charge in [-0.25, -0.2) is 5.90 Å². The van der Waals surface area contributed by atoms with Crippen molar-refractivity contribution in [1.82, 2.24) is 0 Å². The Bertz CT molecular complexity index is 80.5. The molecule has 1 atom stereocenters. The smallest absolute Gasteiger partial charge is 0.0699 e. The van der Waals surface area contributed by atoms with Gasteiger partial charge in [0.1, 0.15) is 0 Å². The molecule has 1 aliphatic heterocycles. The number of rotatable bonds is 1. The standard InChI is InChI=1S/C5H13NOSi/c1-5(7-6)3-2-4-8-5/h2-4,6,8H2,1H3. The highest BCUT2D eigenvalue weighted by atomic mass is 28.2. The molecule has 0 aromatic heterocycles. The molecule has 1 fully saturated rings. The van der Waals surface area contributed by atoms with Gasteiger partial charge < -0.3 is 4.84 Å². The Hall–Kier alpha value is 0.137. The zero-order valence-corrected chi connectivity index (χ0v) is 6.73. The number of hydrogen-bond acceptors (Lipinski definition) is 2. The second kappa shape index (κ2) is 2.17. The van der Waals surface area contributed by atoms with Crippen LogP contribution in [-0.2, 0) is 4.84 Å². The van der Waals surface area contributed by atoms with Crippen molar-refractivity contribution in [2.24, 2.45) is 5.90 Å². The molecule has 0 aliphatic carbocycles. The summed E-state index contributed by atoms with van der Waals surface area (Å²) in [6.07, 6.45) is 2.52. The summed E-state index contributed by atoms with van der Waals surface area (Å²) in [5.41, 5.74) is 0. The van der Waals surface area contributed by atoms with Crippen molar-refractivity contribution in [3.8, 4) is 0 Å². The fourth-order valence-electron chi connectivity index (χ4n) is 1.24. The van der Waals surface area contributed by atoms with E-state index in [4.69, 9.17) is 10.7 Å². The molecule has 48 valence electrons. The van der Waals surface area contributed by atoms with Crippen molar-refractivity contribution < 1.29 is 4.84 Å². The molecule has 0 bridgehead atoms. The van der Waals surface area contributed by atoms with Crippen LogP contribution < -0.4 is 5.90 Å². The molecule has 1 unspecified atom stereocenters. The Morgan fingerprint density at radius 3 is 2.75 bits per heavy atom. The maximum absolute atomic E-state index is 5.10. The lowest BCUT2D eigenvalue weighted by Crippen LogP contribution is -2.33. The topological polar surface area (TPSA) is 35.2 Å². The van der Waals surface area contributed by atoms with Crippen LogP contribution in [0.15, 0.2) is 0 Å². The lowest BCUT2D eigenvalue weighted by Gasteiger charge is -2.18. The summed E-state index contributed by atoms with van der Waals surface area (Å²) in [7, 11) is 0.0135. The quantitative estimate of drug-likeness (QED) is 0.401. The van der Waals surface area contributed by atoms with Crippen molar-refractivity contribution in [3.63, 3.8) is 0 Å². The molecule has 0 amide bonds. The van der Waals surface area contributed by atoms with Gasteiger partial charge in [0, 0.05) is 0 Å². The van der Waals surface area contributed by atoms with Crippen molar-refractivity contribution in [3.05, 3.63) is 0 Å². The highest BCUT2D eigenvalue weighted by molar-refractivity contribution is 6.40. The molecule has 0 aromatic rings. The molecule has 0 aromatic carbocycles. The van der Waals surface area contributed by atoms with E-state index >= 15 is 0 Å². The maximum Gasteiger partial charge on any atom is 0.0699 e. The SMILES string of the molecule is CC1(ON)CCC[SiH2]1. The van der Waals surface area contributed by atoms with E-state index in [1.807, 2.05) is 0 Å². The summed E-state index contributed by atoms with van der Waals surface area (Å²) in [6.45, 7) is 2.13. The summed E-state index contributed by atoms with van der Waals surface area (Å²) in [4.78, 5) is 4.86. The molecule has 3 heteroatoms. The zero-order valence-electron chi connectivity index (χ0n) is 5.31. The van der Waals surface area contributed by atoms with Gasteiger partial charge >= 0.3 is 0 Å².